The standard InChI is InChI=1S/C32H32N4O2/c37-31(38)32(28-14-6-4-12-26(28)27-13-5-7-15-29(27)32)16-8-9-17-35-18-20-36(21-19-35)25-22-33-30(34-23-25)24-10-2-1-3-11-24/h1-7,10-15,22-23H,8-9,16-21H2,(H,37,38). The number of benzene rings is 3. The van der Waals surface area contributed by atoms with Gasteiger partial charge >= 0.3 is 5.97 Å². The van der Waals surface area contributed by atoms with Crippen molar-refractivity contribution in [2.75, 3.05) is 37.6 Å². The first-order chi connectivity index (χ1) is 18.7. The first kappa shape index (κ1) is 24.3. The molecule has 38 heavy (non-hydrogen) atoms. The molecule has 0 atom stereocenters. The number of hydrogen-bond acceptors (Lipinski definition) is 5. The quantitative estimate of drug-likeness (QED) is 0.320. The molecule has 1 N–H and O–H groups in total. The molecule has 0 unspecified atom stereocenters. The number of nitrogens with zero attached hydrogens (tertiary/aromatic N) is 4. The van der Waals surface area contributed by atoms with Crippen molar-refractivity contribution in [3.05, 3.63) is 102 Å². The monoisotopic (exact) mass is 504 g/mol. The van der Waals surface area contributed by atoms with Gasteiger partial charge in [-0.05, 0) is 41.6 Å². The predicted molar refractivity (Wildman–Crippen MR) is 150 cm³/mol. The van der Waals surface area contributed by atoms with Crippen LogP contribution in [0.1, 0.15) is 30.4 Å². The van der Waals surface area contributed by atoms with E-state index in [0.29, 0.717) is 6.42 Å². The Hall–Kier alpha value is -4.03. The Bertz CT molecular complexity index is 1370. The van der Waals surface area contributed by atoms with Crippen LogP contribution in [0, 0.1) is 0 Å². The van der Waals surface area contributed by atoms with E-state index < -0.39 is 11.4 Å². The molecule has 0 saturated carbocycles. The number of piperazine rings is 1. The lowest BCUT2D eigenvalue weighted by atomic mass is 9.74. The van der Waals surface area contributed by atoms with E-state index in [2.05, 4.69) is 31.9 Å². The summed E-state index contributed by atoms with van der Waals surface area (Å²) in [7, 11) is 0. The molecular formula is C32H32N4O2. The summed E-state index contributed by atoms with van der Waals surface area (Å²) in [6, 6.07) is 26.1. The average Bonchev–Trinajstić information content (AvgIpc) is 3.27. The number of aliphatic carboxylic acids is 1. The number of fused-ring (bicyclic) bond motifs is 3. The lowest BCUT2D eigenvalue weighted by Crippen LogP contribution is -2.46. The number of unbranched alkanes of at least 4 members (excludes halogenated alkanes) is 1. The zero-order chi connectivity index (χ0) is 26.0. The third-order valence-electron chi connectivity index (χ3n) is 8.11. The molecule has 1 saturated heterocycles. The lowest BCUT2D eigenvalue weighted by Gasteiger charge is -2.36. The van der Waals surface area contributed by atoms with E-state index in [1.54, 1.807) is 0 Å². The smallest absolute Gasteiger partial charge is 0.318 e. The van der Waals surface area contributed by atoms with Crippen LogP contribution in [0.2, 0.25) is 0 Å². The summed E-state index contributed by atoms with van der Waals surface area (Å²) in [4.78, 5) is 26.8. The van der Waals surface area contributed by atoms with Gasteiger partial charge in [-0.25, -0.2) is 9.97 Å². The summed E-state index contributed by atoms with van der Waals surface area (Å²) in [6.45, 7) is 4.82. The van der Waals surface area contributed by atoms with Gasteiger partial charge in [0.15, 0.2) is 5.82 Å². The number of carbonyl (C=O) groups is 1. The van der Waals surface area contributed by atoms with Crippen molar-refractivity contribution < 1.29 is 9.90 Å². The fourth-order valence-corrected chi connectivity index (χ4v) is 6.11. The van der Waals surface area contributed by atoms with Crippen LogP contribution in [0.5, 0.6) is 0 Å². The van der Waals surface area contributed by atoms with Crippen LogP contribution < -0.4 is 4.90 Å². The van der Waals surface area contributed by atoms with E-state index in [1.165, 1.54) is 0 Å². The molecular weight excluding hydrogens is 472 g/mol. The zero-order valence-electron chi connectivity index (χ0n) is 21.5. The second-order valence-electron chi connectivity index (χ2n) is 10.2. The van der Waals surface area contributed by atoms with Gasteiger partial charge in [0.05, 0.1) is 18.1 Å². The highest BCUT2D eigenvalue weighted by Gasteiger charge is 2.48. The Morgan fingerprint density at radius 3 is 1.95 bits per heavy atom. The van der Waals surface area contributed by atoms with Crippen molar-refractivity contribution in [2.24, 2.45) is 0 Å². The molecule has 6 nitrogen and oxygen atoms in total. The van der Waals surface area contributed by atoms with Crippen molar-refractivity contribution in [1.29, 1.82) is 0 Å². The number of anilines is 1. The molecule has 0 amide bonds. The van der Waals surface area contributed by atoms with Gasteiger partial charge in [-0.15, -0.1) is 0 Å². The molecule has 4 aromatic rings. The second-order valence-corrected chi connectivity index (χ2v) is 10.2. The minimum Gasteiger partial charge on any atom is -0.480 e. The van der Waals surface area contributed by atoms with Gasteiger partial charge in [-0.3, -0.25) is 9.69 Å². The normalized spacial score (nSPS) is 16.2. The maximum atomic E-state index is 12.8. The van der Waals surface area contributed by atoms with Crippen molar-refractivity contribution >= 4 is 11.7 Å². The molecule has 2 heterocycles. The van der Waals surface area contributed by atoms with Crippen LogP contribution in [-0.4, -0.2) is 58.7 Å². The number of carboxylic acids is 1. The minimum atomic E-state index is -0.961. The lowest BCUT2D eigenvalue weighted by molar-refractivity contribution is -0.142. The Morgan fingerprint density at radius 2 is 1.34 bits per heavy atom. The SMILES string of the molecule is O=C(O)C1(CCCCN2CCN(c3cnc(-c4ccccc4)nc3)CC2)c2ccccc2-c2ccccc21. The number of aromatic nitrogens is 2. The van der Waals surface area contributed by atoms with E-state index in [0.717, 1.165) is 84.9 Å². The van der Waals surface area contributed by atoms with Crippen LogP contribution in [0.4, 0.5) is 5.69 Å². The molecule has 1 aliphatic heterocycles. The maximum absolute atomic E-state index is 12.8. The summed E-state index contributed by atoms with van der Waals surface area (Å²) < 4.78 is 0. The van der Waals surface area contributed by atoms with Gasteiger partial charge in [0.1, 0.15) is 5.41 Å². The minimum absolute atomic E-state index is 0.613. The first-order valence-electron chi connectivity index (χ1n) is 13.4. The highest BCUT2D eigenvalue weighted by molar-refractivity contribution is 5.97. The summed E-state index contributed by atoms with van der Waals surface area (Å²) >= 11 is 0. The van der Waals surface area contributed by atoms with Gasteiger partial charge in [0.25, 0.3) is 0 Å². The maximum Gasteiger partial charge on any atom is 0.318 e. The fourth-order valence-electron chi connectivity index (χ4n) is 6.11. The van der Waals surface area contributed by atoms with Gasteiger partial charge in [0, 0.05) is 31.7 Å². The van der Waals surface area contributed by atoms with Crippen LogP contribution in [0.15, 0.2) is 91.3 Å². The second kappa shape index (κ2) is 10.4. The Balaban J connectivity index is 1.04. The molecule has 3 aromatic carbocycles. The summed E-state index contributed by atoms with van der Waals surface area (Å²) in [5.74, 6) is 0.00337. The fraction of sp³-hybridized carbons (Fsp3) is 0.281. The molecule has 6 rings (SSSR count). The molecule has 192 valence electrons. The highest BCUT2D eigenvalue weighted by atomic mass is 16.4. The number of rotatable bonds is 8. The third kappa shape index (κ3) is 4.35. The summed E-state index contributed by atoms with van der Waals surface area (Å²) in [6.07, 6.45) is 6.31. The predicted octanol–water partition coefficient (Wildman–Crippen LogP) is 5.49. The van der Waals surface area contributed by atoms with Crippen LogP contribution in [0.25, 0.3) is 22.5 Å². The van der Waals surface area contributed by atoms with E-state index in [-0.39, 0.29) is 0 Å². The Morgan fingerprint density at radius 1 is 0.763 bits per heavy atom. The molecule has 2 aliphatic rings. The molecule has 1 aliphatic carbocycles. The van der Waals surface area contributed by atoms with Gasteiger partial charge in [-0.2, -0.15) is 0 Å². The topological polar surface area (TPSA) is 69.6 Å². The highest BCUT2D eigenvalue weighted by Crippen LogP contribution is 2.51. The van der Waals surface area contributed by atoms with Gasteiger partial charge < -0.3 is 10.0 Å². The molecule has 0 spiro atoms. The third-order valence-corrected chi connectivity index (χ3v) is 8.11. The number of hydrogen-bond donors (Lipinski definition) is 1. The van der Waals surface area contributed by atoms with E-state index in [9.17, 15) is 9.90 Å². The van der Waals surface area contributed by atoms with E-state index in [1.807, 2.05) is 79.1 Å². The van der Waals surface area contributed by atoms with Gasteiger partial charge in [-0.1, -0.05) is 85.3 Å². The van der Waals surface area contributed by atoms with E-state index in [4.69, 9.17) is 0 Å². The Kier molecular flexibility index (Phi) is 6.64. The summed E-state index contributed by atoms with van der Waals surface area (Å²) in [5, 5.41) is 10.5. The van der Waals surface area contributed by atoms with Crippen LogP contribution >= 0.6 is 0 Å². The van der Waals surface area contributed by atoms with E-state index >= 15 is 0 Å². The average molecular weight is 505 g/mol. The Labute approximate surface area is 223 Å². The van der Waals surface area contributed by atoms with Crippen molar-refractivity contribution in [1.82, 2.24) is 14.9 Å². The van der Waals surface area contributed by atoms with Crippen LogP contribution in [0.3, 0.4) is 0 Å². The largest absolute Gasteiger partial charge is 0.480 e. The molecule has 6 heteroatoms. The van der Waals surface area contributed by atoms with Crippen molar-refractivity contribution in [2.45, 2.75) is 24.7 Å². The molecule has 0 bridgehead atoms. The summed E-state index contributed by atoms with van der Waals surface area (Å²) in [5.41, 5.74) is 5.11. The first-order valence-corrected chi connectivity index (χ1v) is 13.4. The van der Waals surface area contributed by atoms with Crippen molar-refractivity contribution in [3.8, 4) is 22.5 Å². The molecule has 1 aromatic heterocycles. The van der Waals surface area contributed by atoms with Gasteiger partial charge in [0.2, 0.25) is 0 Å². The zero-order valence-corrected chi connectivity index (χ0v) is 21.5. The molecule has 1 fully saturated rings. The van der Waals surface area contributed by atoms with Crippen LogP contribution in [-0.2, 0) is 10.2 Å². The van der Waals surface area contributed by atoms with Crippen molar-refractivity contribution in [3.63, 3.8) is 0 Å². The molecule has 0 radical (unpaired) electrons. The number of carboxylic acid groups (broad SMARTS) is 1.